The standard InChI is InChI=1S/C19H25N3OS/c1-12-7-6-10-16(13(12)2)22-18(23)14(3)24-19-15-8-4-5-9-17(15)20-11-21-19/h4-5,8-9,11-14,16H,6-7,10H2,1-3H3,(H,22,23)/t12-,13-,14-,16-/m1/s1. The molecule has 5 heteroatoms. The van der Waals surface area contributed by atoms with Crippen molar-refractivity contribution in [1.29, 1.82) is 0 Å². The smallest absolute Gasteiger partial charge is 0.233 e. The van der Waals surface area contributed by atoms with E-state index in [-0.39, 0.29) is 11.2 Å². The van der Waals surface area contributed by atoms with Gasteiger partial charge in [0.05, 0.1) is 10.8 Å². The Morgan fingerprint density at radius 1 is 1.25 bits per heavy atom. The number of rotatable bonds is 4. The largest absolute Gasteiger partial charge is 0.352 e. The van der Waals surface area contributed by atoms with E-state index < -0.39 is 0 Å². The van der Waals surface area contributed by atoms with Crippen LogP contribution < -0.4 is 5.32 Å². The van der Waals surface area contributed by atoms with Gasteiger partial charge in [-0.3, -0.25) is 4.79 Å². The molecule has 0 saturated heterocycles. The van der Waals surface area contributed by atoms with Crippen molar-refractivity contribution in [2.24, 2.45) is 11.8 Å². The first-order valence-corrected chi connectivity index (χ1v) is 9.61. The molecule has 4 atom stereocenters. The van der Waals surface area contributed by atoms with Crippen molar-refractivity contribution in [3.63, 3.8) is 0 Å². The molecule has 128 valence electrons. The molecule has 0 bridgehead atoms. The number of benzene rings is 1. The number of aromatic nitrogens is 2. The van der Waals surface area contributed by atoms with Crippen molar-refractivity contribution in [2.75, 3.05) is 0 Å². The first-order chi connectivity index (χ1) is 11.6. The van der Waals surface area contributed by atoms with Gasteiger partial charge in [0.25, 0.3) is 0 Å². The van der Waals surface area contributed by atoms with Crippen molar-refractivity contribution >= 4 is 28.6 Å². The third-order valence-electron chi connectivity index (χ3n) is 5.20. The fourth-order valence-electron chi connectivity index (χ4n) is 3.38. The Bertz CT molecular complexity index is 715. The normalized spacial score (nSPS) is 25.4. The molecule has 1 amide bonds. The van der Waals surface area contributed by atoms with Gasteiger partial charge in [-0.2, -0.15) is 0 Å². The Labute approximate surface area is 147 Å². The molecule has 1 aliphatic carbocycles. The van der Waals surface area contributed by atoms with Gasteiger partial charge in [0, 0.05) is 11.4 Å². The minimum absolute atomic E-state index is 0.105. The Balaban J connectivity index is 1.67. The molecule has 1 saturated carbocycles. The van der Waals surface area contributed by atoms with E-state index in [2.05, 4.69) is 29.1 Å². The van der Waals surface area contributed by atoms with Crippen LogP contribution in [0.5, 0.6) is 0 Å². The van der Waals surface area contributed by atoms with Crippen LogP contribution in [-0.2, 0) is 4.79 Å². The van der Waals surface area contributed by atoms with Crippen LogP contribution in [-0.4, -0.2) is 27.2 Å². The SMILES string of the molecule is C[C@@H]1[C@H](C)CCC[C@H]1NC(=O)[C@@H](C)Sc1ncnc2ccccc12. The molecule has 1 heterocycles. The molecule has 0 unspecified atom stereocenters. The van der Waals surface area contributed by atoms with Gasteiger partial charge in [0.2, 0.25) is 5.91 Å². The highest BCUT2D eigenvalue weighted by Crippen LogP contribution is 2.31. The summed E-state index contributed by atoms with van der Waals surface area (Å²) >= 11 is 1.51. The number of thioether (sulfide) groups is 1. The molecule has 0 spiro atoms. The molecule has 0 radical (unpaired) electrons. The molecule has 4 nitrogen and oxygen atoms in total. The van der Waals surface area contributed by atoms with Crippen LogP contribution in [0.2, 0.25) is 0 Å². The van der Waals surface area contributed by atoms with Crippen LogP contribution in [0.25, 0.3) is 10.9 Å². The molecule has 1 aromatic heterocycles. The lowest BCUT2D eigenvalue weighted by Crippen LogP contribution is -2.46. The average molecular weight is 343 g/mol. The highest BCUT2D eigenvalue weighted by molar-refractivity contribution is 8.00. The maximum absolute atomic E-state index is 12.6. The lowest BCUT2D eigenvalue weighted by atomic mass is 9.78. The van der Waals surface area contributed by atoms with Crippen LogP contribution in [0.3, 0.4) is 0 Å². The minimum atomic E-state index is -0.173. The van der Waals surface area contributed by atoms with E-state index in [0.717, 1.165) is 22.3 Å². The summed E-state index contributed by atoms with van der Waals surface area (Å²) in [5.74, 6) is 1.33. The minimum Gasteiger partial charge on any atom is -0.352 e. The van der Waals surface area contributed by atoms with Gasteiger partial charge < -0.3 is 5.32 Å². The number of carbonyl (C=O) groups is 1. The molecule has 1 fully saturated rings. The number of hydrogen-bond acceptors (Lipinski definition) is 4. The molecule has 1 aliphatic rings. The number of carbonyl (C=O) groups excluding carboxylic acids is 1. The average Bonchev–Trinajstić information content (AvgIpc) is 2.59. The quantitative estimate of drug-likeness (QED) is 0.672. The van der Waals surface area contributed by atoms with Crippen LogP contribution >= 0.6 is 11.8 Å². The van der Waals surface area contributed by atoms with Gasteiger partial charge in [-0.25, -0.2) is 9.97 Å². The molecular weight excluding hydrogens is 318 g/mol. The molecule has 3 rings (SSSR count). The van der Waals surface area contributed by atoms with Crippen molar-refractivity contribution in [2.45, 2.75) is 56.4 Å². The second-order valence-electron chi connectivity index (χ2n) is 6.84. The van der Waals surface area contributed by atoms with E-state index in [0.29, 0.717) is 17.9 Å². The van der Waals surface area contributed by atoms with Crippen molar-refractivity contribution < 1.29 is 4.79 Å². The van der Waals surface area contributed by atoms with Crippen LogP contribution in [0, 0.1) is 11.8 Å². The highest BCUT2D eigenvalue weighted by atomic mass is 32.2. The number of para-hydroxylation sites is 1. The Hall–Kier alpha value is -1.62. The van der Waals surface area contributed by atoms with Gasteiger partial charge >= 0.3 is 0 Å². The predicted molar refractivity (Wildman–Crippen MR) is 99.0 cm³/mol. The lowest BCUT2D eigenvalue weighted by Gasteiger charge is -2.35. The van der Waals surface area contributed by atoms with Crippen molar-refractivity contribution in [1.82, 2.24) is 15.3 Å². The van der Waals surface area contributed by atoms with Gasteiger partial charge in [-0.1, -0.05) is 56.7 Å². The van der Waals surface area contributed by atoms with Gasteiger partial charge in [0.1, 0.15) is 11.4 Å². The molecule has 24 heavy (non-hydrogen) atoms. The van der Waals surface area contributed by atoms with E-state index in [1.807, 2.05) is 31.2 Å². The summed E-state index contributed by atoms with van der Waals surface area (Å²) < 4.78 is 0. The Morgan fingerprint density at radius 3 is 2.88 bits per heavy atom. The maximum atomic E-state index is 12.6. The summed E-state index contributed by atoms with van der Waals surface area (Å²) in [5.41, 5.74) is 0.914. The monoisotopic (exact) mass is 343 g/mol. The summed E-state index contributed by atoms with van der Waals surface area (Å²) in [6.45, 7) is 6.49. The zero-order chi connectivity index (χ0) is 17.1. The van der Waals surface area contributed by atoms with Gasteiger partial charge in [-0.15, -0.1) is 0 Å². The third kappa shape index (κ3) is 3.72. The van der Waals surface area contributed by atoms with E-state index in [4.69, 9.17) is 0 Å². The van der Waals surface area contributed by atoms with Crippen LogP contribution in [0.4, 0.5) is 0 Å². The van der Waals surface area contributed by atoms with E-state index in [9.17, 15) is 4.79 Å². The number of amides is 1. The molecule has 1 N–H and O–H groups in total. The van der Waals surface area contributed by atoms with Crippen molar-refractivity contribution in [3.05, 3.63) is 30.6 Å². The van der Waals surface area contributed by atoms with E-state index in [1.165, 1.54) is 24.6 Å². The summed E-state index contributed by atoms with van der Waals surface area (Å²) in [4.78, 5) is 21.3. The molecule has 1 aromatic carbocycles. The van der Waals surface area contributed by atoms with Gasteiger partial charge in [0.15, 0.2) is 0 Å². The molecular formula is C19H25N3OS. The van der Waals surface area contributed by atoms with Crippen LogP contribution in [0.15, 0.2) is 35.6 Å². The Kier molecular flexibility index (Phi) is 5.39. The second-order valence-corrected chi connectivity index (χ2v) is 8.17. The number of fused-ring (bicyclic) bond motifs is 1. The van der Waals surface area contributed by atoms with Gasteiger partial charge in [-0.05, 0) is 31.2 Å². The molecule has 0 aliphatic heterocycles. The zero-order valence-electron chi connectivity index (χ0n) is 14.5. The topological polar surface area (TPSA) is 54.9 Å². The first-order valence-electron chi connectivity index (χ1n) is 8.73. The second kappa shape index (κ2) is 7.51. The summed E-state index contributed by atoms with van der Waals surface area (Å²) in [5, 5.41) is 4.96. The zero-order valence-corrected chi connectivity index (χ0v) is 15.3. The van der Waals surface area contributed by atoms with Crippen LogP contribution in [0.1, 0.15) is 40.0 Å². The maximum Gasteiger partial charge on any atom is 0.233 e. The lowest BCUT2D eigenvalue weighted by molar-refractivity contribution is -0.121. The van der Waals surface area contributed by atoms with E-state index in [1.54, 1.807) is 6.33 Å². The summed E-state index contributed by atoms with van der Waals surface area (Å²) in [6, 6.07) is 8.22. The summed E-state index contributed by atoms with van der Waals surface area (Å²) in [7, 11) is 0. The fraction of sp³-hybridized carbons (Fsp3) is 0.526. The Morgan fingerprint density at radius 2 is 2.04 bits per heavy atom. The summed E-state index contributed by atoms with van der Waals surface area (Å²) in [6.07, 6.45) is 5.13. The number of nitrogens with one attached hydrogen (secondary N) is 1. The third-order valence-corrected chi connectivity index (χ3v) is 6.31. The molecule has 2 aromatic rings. The highest BCUT2D eigenvalue weighted by Gasteiger charge is 2.29. The first kappa shape index (κ1) is 17.2. The van der Waals surface area contributed by atoms with E-state index >= 15 is 0 Å². The fourth-order valence-corrected chi connectivity index (χ4v) is 4.30. The number of hydrogen-bond donors (Lipinski definition) is 1. The number of nitrogens with zero attached hydrogens (tertiary/aromatic N) is 2. The predicted octanol–water partition coefficient (Wildman–Crippen LogP) is 4.05. The van der Waals surface area contributed by atoms with Crippen molar-refractivity contribution in [3.8, 4) is 0 Å².